The summed E-state index contributed by atoms with van der Waals surface area (Å²) >= 11 is 4.87. The smallest absolute Gasteiger partial charge is 0.256 e. The van der Waals surface area contributed by atoms with Crippen LogP contribution >= 0.6 is 12.2 Å². The lowest BCUT2D eigenvalue weighted by Gasteiger charge is -2.34. The lowest BCUT2D eigenvalue weighted by Crippen LogP contribution is -2.50. The van der Waals surface area contributed by atoms with E-state index in [2.05, 4.69) is 4.90 Å². The largest absolute Gasteiger partial charge is 0.392 e. The zero-order valence-corrected chi connectivity index (χ0v) is 12.3. The first-order valence-corrected chi connectivity index (χ1v) is 6.95. The molecule has 0 aromatic heterocycles. The molecular weight excluding hydrogens is 277 g/mol. The minimum atomic E-state index is -0.428. The van der Waals surface area contributed by atoms with E-state index in [-0.39, 0.29) is 11.5 Å². The molecule has 1 saturated heterocycles. The summed E-state index contributed by atoms with van der Waals surface area (Å²) in [5.74, 6) is -0.677. The molecular formula is C14H18FN3OS. The third kappa shape index (κ3) is 3.32. The third-order valence-corrected chi connectivity index (χ3v) is 3.59. The van der Waals surface area contributed by atoms with Crippen molar-refractivity contribution >= 4 is 23.1 Å². The Bertz CT molecular complexity index is 527. The number of hydrogen-bond donors (Lipinski definition) is 1. The van der Waals surface area contributed by atoms with E-state index >= 15 is 0 Å². The summed E-state index contributed by atoms with van der Waals surface area (Å²) in [6, 6.07) is 4.90. The number of nitrogens with zero attached hydrogens (tertiary/aromatic N) is 2. The van der Waals surface area contributed by atoms with Gasteiger partial charge in [0.15, 0.2) is 0 Å². The Morgan fingerprint density at radius 1 is 1.35 bits per heavy atom. The normalized spacial score (nSPS) is 16.2. The quantitative estimate of drug-likeness (QED) is 0.851. The number of hydrogen-bond acceptors (Lipinski definition) is 3. The van der Waals surface area contributed by atoms with E-state index in [1.165, 1.54) is 6.07 Å². The van der Waals surface area contributed by atoms with Crippen molar-refractivity contribution in [2.24, 2.45) is 5.73 Å². The van der Waals surface area contributed by atoms with Gasteiger partial charge < -0.3 is 10.6 Å². The molecule has 20 heavy (non-hydrogen) atoms. The predicted molar refractivity (Wildman–Crippen MR) is 80.3 cm³/mol. The average molecular weight is 295 g/mol. The molecule has 108 valence electrons. The van der Waals surface area contributed by atoms with Crippen LogP contribution in [0, 0.1) is 12.7 Å². The van der Waals surface area contributed by atoms with Crippen LogP contribution in [0.15, 0.2) is 18.2 Å². The molecule has 1 fully saturated rings. The molecule has 0 radical (unpaired) electrons. The standard InChI is InChI=1S/C14H18FN3OS/c1-10-3-2-4-11(13(10)15)14(19)18-7-5-17(6-8-18)9-12(16)20/h2-4H,5-9H2,1H3,(H2,16,20). The first-order valence-electron chi connectivity index (χ1n) is 6.54. The summed E-state index contributed by atoms with van der Waals surface area (Å²) in [6.07, 6.45) is 0. The highest BCUT2D eigenvalue weighted by Gasteiger charge is 2.24. The second-order valence-corrected chi connectivity index (χ2v) is 5.50. The van der Waals surface area contributed by atoms with Crippen molar-refractivity contribution < 1.29 is 9.18 Å². The van der Waals surface area contributed by atoms with Crippen LogP contribution in [0.2, 0.25) is 0 Å². The minimum absolute atomic E-state index is 0.146. The van der Waals surface area contributed by atoms with E-state index in [0.29, 0.717) is 43.3 Å². The number of benzene rings is 1. The van der Waals surface area contributed by atoms with Crippen molar-refractivity contribution in [3.05, 3.63) is 35.1 Å². The van der Waals surface area contributed by atoms with Crippen LogP contribution in [0.5, 0.6) is 0 Å². The minimum Gasteiger partial charge on any atom is -0.392 e. The fraction of sp³-hybridized carbons (Fsp3) is 0.429. The first-order chi connectivity index (χ1) is 9.49. The van der Waals surface area contributed by atoms with Gasteiger partial charge in [0, 0.05) is 32.7 Å². The van der Waals surface area contributed by atoms with Crippen molar-refractivity contribution in [1.29, 1.82) is 0 Å². The Morgan fingerprint density at radius 2 is 2.00 bits per heavy atom. The van der Waals surface area contributed by atoms with Gasteiger partial charge in [0.2, 0.25) is 0 Å². The van der Waals surface area contributed by atoms with Crippen molar-refractivity contribution in [3.63, 3.8) is 0 Å². The molecule has 6 heteroatoms. The Labute approximate surface area is 123 Å². The Hall–Kier alpha value is -1.53. The van der Waals surface area contributed by atoms with E-state index < -0.39 is 5.82 Å². The Balaban J connectivity index is 2.02. The second-order valence-electron chi connectivity index (χ2n) is 4.97. The summed E-state index contributed by atoms with van der Waals surface area (Å²) < 4.78 is 14.0. The van der Waals surface area contributed by atoms with E-state index in [0.717, 1.165) is 0 Å². The van der Waals surface area contributed by atoms with Gasteiger partial charge in [0.05, 0.1) is 10.6 Å². The predicted octanol–water partition coefficient (Wildman–Crippen LogP) is 1.18. The SMILES string of the molecule is Cc1cccc(C(=O)N2CCN(CC(N)=S)CC2)c1F. The summed E-state index contributed by atoms with van der Waals surface area (Å²) in [5.41, 5.74) is 6.14. The highest BCUT2D eigenvalue weighted by molar-refractivity contribution is 7.80. The van der Waals surface area contributed by atoms with Crippen LogP contribution < -0.4 is 5.73 Å². The van der Waals surface area contributed by atoms with Gasteiger partial charge >= 0.3 is 0 Å². The summed E-state index contributed by atoms with van der Waals surface area (Å²) in [4.78, 5) is 16.5. The molecule has 2 N–H and O–H groups in total. The molecule has 0 atom stereocenters. The molecule has 1 aliphatic heterocycles. The molecule has 0 saturated carbocycles. The zero-order chi connectivity index (χ0) is 14.7. The number of thiocarbonyl (C=S) groups is 1. The van der Waals surface area contributed by atoms with Crippen LogP contribution in [-0.2, 0) is 0 Å². The molecule has 1 aromatic rings. The van der Waals surface area contributed by atoms with Crippen LogP contribution in [0.3, 0.4) is 0 Å². The molecule has 0 unspecified atom stereocenters. The van der Waals surface area contributed by atoms with Gasteiger partial charge in [-0.3, -0.25) is 9.69 Å². The van der Waals surface area contributed by atoms with Gasteiger partial charge in [-0.05, 0) is 18.6 Å². The van der Waals surface area contributed by atoms with Gasteiger partial charge in [0.1, 0.15) is 5.82 Å². The Kier molecular flexibility index (Phi) is 4.67. The monoisotopic (exact) mass is 295 g/mol. The number of aryl methyl sites for hydroxylation is 1. The number of piperazine rings is 1. The van der Waals surface area contributed by atoms with Crippen LogP contribution in [0.4, 0.5) is 4.39 Å². The van der Waals surface area contributed by atoms with Crippen LogP contribution in [0.25, 0.3) is 0 Å². The summed E-state index contributed by atoms with van der Waals surface area (Å²) in [7, 11) is 0. The molecule has 0 spiro atoms. The number of halogens is 1. The average Bonchev–Trinajstić information content (AvgIpc) is 2.41. The van der Waals surface area contributed by atoms with Crippen molar-refractivity contribution in [1.82, 2.24) is 9.80 Å². The van der Waals surface area contributed by atoms with Crippen LogP contribution in [-0.4, -0.2) is 53.4 Å². The number of amides is 1. The maximum Gasteiger partial charge on any atom is 0.256 e. The van der Waals surface area contributed by atoms with E-state index in [9.17, 15) is 9.18 Å². The molecule has 1 aliphatic rings. The fourth-order valence-corrected chi connectivity index (χ4v) is 2.49. The van der Waals surface area contributed by atoms with Gasteiger partial charge in [-0.25, -0.2) is 4.39 Å². The molecule has 1 heterocycles. The van der Waals surface area contributed by atoms with Crippen molar-refractivity contribution in [3.8, 4) is 0 Å². The number of carbonyl (C=O) groups is 1. The van der Waals surface area contributed by atoms with Crippen molar-refractivity contribution in [2.45, 2.75) is 6.92 Å². The van der Waals surface area contributed by atoms with Gasteiger partial charge in [0.25, 0.3) is 5.91 Å². The summed E-state index contributed by atoms with van der Waals surface area (Å²) in [5, 5.41) is 0. The first kappa shape index (κ1) is 14.9. The van der Waals surface area contributed by atoms with E-state index in [1.54, 1.807) is 24.0 Å². The van der Waals surface area contributed by atoms with Crippen LogP contribution in [0.1, 0.15) is 15.9 Å². The second kappa shape index (κ2) is 6.28. The fourth-order valence-electron chi connectivity index (χ4n) is 2.31. The topological polar surface area (TPSA) is 49.6 Å². The van der Waals surface area contributed by atoms with E-state index in [4.69, 9.17) is 18.0 Å². The lowest BCUT2D eigenvalue weighted by molar-refractivity contribution is 0.0649. The van der Waals surface area contributed by atoms with Gasteiger partial charge in [-0.1, -0.05) is 24.4 Å². The number of carbonyl (C=O) groups excluding carboxylic acids is 1. The molecule has 4 nitrogen and oxygen atoms in total. The molecule has 1 aromatic carbocycles. The van der Waals surface area contributed by atoms with Crippen molar-refractivity contribution in [2.75, 3.05) is 32.7 Å². The van der Waals surface area contributed by atoms with E-state index in [1.807, 2.05) is 0 Å². The maximum atomic E-state index is 14.0. The molecule has 0 aliphatic carbocycles. The molecule has 1 amide bonds. The van der Waals surface area contributed by atoms with Gasteiger partial charge in [-0.15, -0.1) is 0 Å². The molecule has 2 rings (SSSR count). The number of rotatable bonds is 3. The maximum absolute atomic E-state index is 14.0. The zero-order valence-electron chi connectivity index (χ0n) is 11.4. The van der Waals surface area contributed by atoms with Gasteiger partial charge in [-0.2, -0.15) is 0 Å². The summed E-state index contributed by atoms with van der Waals surface area (Å²) in [6.45, 7) is 4.76. The highest BCUT2D eigenvalue weighted by atomic mass is 32.1. The Morgan fingerprint density at radius 3 is 2.60 bits per heavy atom. The number of nitrogens with two attached hydrogens (primary N) is 1. The molecule has 0 bridgehead atoms. The third-order valence-electron chi connectivity index (χ3n) is 3.46. The highest BCUT2D eigenvalue weighted by Crippen LogP contribution is 2.15. The lowest BCUT2D eigenvalue weighted by atomic mass is 10.1.